The van der Waals surface area contributed by atoms with E-state index in [1.165, 1.54) is 12.0 Å². The fourth-order valence-electron chi connectivity index (χ4n) is 2.66. The minimum absolute atomic E-state index is 0.121. The molecule has 0 N–H and O–H groups in total. The highest BCUT2D eigenvalue weighted by molar-refractivity contribution is 6.10. The van der Waals surface area contributed by atoms with Gasteiger partial charge in [0.15, 0.2) is 0 Å². The number of rotatable bonds is 3. The molecule has 1 saturated heterocycles. The standard InChI is InChI=1S/C13H17NO4/c1-7(12(17)18-4)5-6-14-10(15)8-9(11(14)16)13(8,2)3/h5,8-9H,6H2,1-4H3. The third-order valence-electron chi connectivity index (χ3n) is 3.98. The van der Waals surface area contributed by atoms with E-state index in [-0.39, 0.29) is 35.6 Å². The van der Waals surface area contributed by atoms with Crippen LogP contribution in [0, 0.1) is 17.3 Å². The lowest BCUT2D eigenvalue weighted by Gasteiger charge is -2.19. The molecular weight excluding hydrogens is 234 g/mol. The van der Waals surface area contributed by atoms with Crippen molar-refractivity contribution in [3.8, 4) is 0 Å². The number of methoxy groups -OCH3 is 1. The number of amides is 2. The Kier molecular flexibility index (Phi) is 2.80. The lowest BCUT2D eigenvalue weighted by molar-refractivity contribution is -0.142. The summed E-state index contributed by atoms with van der Waals surface area (Å²) >= 11 is 0. The first kappa shape index (κ1) is 12.8. The Labute approximate surface area is 106 Å². The molecule has 18 heavy (non-hydrogen) atoms. The van der Waals surface area contributed by atoms with Crippen LogP contribution in [0.3, 0.4) is 0 Å². The number of hydrogen-bond acceptors (Lipinski definition) is 4. The van der Waals surface area contributed by atoms with E-state index in [2.05, 4.69) is 4.74 Å². The summed E-state index contributed by atoms with van der Waals surface area (Å²) in [7, 11) is 1.30. The van der Waals surface area contributed by atoms with Crippen molar-refractivity contribution in [2.45, 2.75) is 20.8 Å². The van der Waals surface area contributed by atoms with Gasteiger partial charge in [-0.15, -0.1) is 0 Å². The molecule has 2 aliphatic rings. The van der Waals surface area contributed by atoms with Crippen molar-refractivity contribution in [3.63, 3.8) is 0 Å². The summed E-state index contributed by atoms with van der Waals surface area (Å²) in [6.45, 7) is 5.62. The quantitative estimate of drug-likeness (QED) is 0.422. The van der Waals surface area contributed by atoms with Gasteiger partial charge in [0.25, 0.3) is 0 Å². The number of piperidine rings is 1. The van der Waals surface area contributed by atoms with E-state index in [4.69, 9.17) is 0 Å². The first-order valence-corrected chi connectivity index (χ1v) is 5.92. The fourth-order valence-corrected chi connectivity index (χ4v) is 2.66. The summed E-state index contributed by atoms with van der Waals surface area (Å²) < 4.78 is 4.55. The Morgan fingerprint density at radius 1 is 1.33 bits per heavy atom. The van der Waals surface area contributed by atoms with Gasteiger partial charge >= 0.3 is 5.97 Å². The maximum atomic E-state index is 12.0. The van der Waals surface area contributed by atoms with E-state index < -0.39 is 5.97 Å². The molecule has 0 spiro atoms. The first-order valence-electron chi connectivity index (χ1n) is 5.92. The Morgan fingerprint density at radius 2 is 1.83 bits per heavy atom. The summed E-state index contributed by atoms with van der Waals surface area (Å²) in [5.41, 5.74) is 0.212. The molecular formula is C13H17NO4. The molecule has 5 heteroatoms. The summed E-state index contributed by atoms with van der Waals surface area (Å²) in [4.78, 5) is 36.4. The van der Waals surface area contributed by atoms with Gasteiger partial charge in [-0.05, 0) is 12.3 Å². The molecule has 2 unspecified atom stereocenters. The normalized spacial score (nSPS) is 29.3. The predicted octanol–water partition coefficient (Wildman–Crippen LogP) is 0.747. The number of fused-ring (bicyclic) bond motifs is 1. The fraction of sp³-hybridized carbons (Fsp3) is 0.615. The molecule has 2 rings (SSSR count). The molecule has 1 aliphatic carbocycles. The van der Waals surface area contributed by atoms with Gasteiger partial charge in [-0.1, -0.05) is 19.9 Å². The van der Waals surface area contributed by atoms with E-state index in [0.717, 1.165) is 0 Å². The number of likely N-dealkylation sites (tertiary alicyclic amines) is 1. The minimum atomic E-state index is -0.445. The van der Waals surface area contributed by atoms with Gasteiger partial charge in [-0.25, -0.2) is 4.79 Å². The van der Waals surface area contributed by atoms with Crippen molar-refractivity contribution in [2.24, 2.45) is 17.3 Å². The lowest BCUT2D eigenvalue weighted by Crippen LogP contribution is -2.36. The third-order valence-corrected chi connectivity index (χ3v) is 3.98. The molecule has 1 heterocycles. The Hall–Kier alpha value is -1.65. The smallest absolute Gasteiger partial charge is 0.333 e. The molecule has 5 nitrogen and oxygen atoms in total. The van der Waals surface area contributed by atoms with Crippen molar-refractivity contribution in [1.29, 1.82) is 0 Å². The first-order chi connectivity index (χ1) is 8.32. The van der Waals surface area contributed by atoms with Crippen LogP contribution in [-0.2, 0) is 19.1 Å². The second kappa shape index (κ2) is 3.93. The monoisotopic (exact) mass is 251 g/mol. The number of hydrogen-bond donors (Lipinski definition) is 0. The summed E-state index contributed by atoms with van der Waals surface area (Å²) in [6.07, 6.45) is 1.55. The molecule has 0 aromatic rings. The second-order valence-corrected chi connectivity index (χ2v) is 5.44. The highest BCUT2D eigenvalue weighted by Crippen LogP contribution is 2.63. The molecule has 1 aliphatic heterocycles. The SMILES string of the molecule is COC(=O)C(C)=CCN1C(=O)C2C(C1=O)C2(C)C. The molecule has 1 saturated carbocycles. The number of nitrogens with zero attached hydrogens (tertiary/aromatic N) is 1. The molecule has 2 amide bonds. The van der Waals surface area contributed by atoms with E-state index in [9.17, 15) is 14.4 Å². The van der Waals surface area contributed by atoms with Gasteiger partial charge in [0.1, 0.15) is 0 Å². The number of carbonyl (C=O) groups excluding carboxylic acids is 3. The molecule has 0 aromatic carbocycles. The van der Waals surface area contributed by atoms with Gasteiger partial charge in [0.05, 0.1) is 18.9 Å². The molecule has 0 bridgehead atoms. The second-order valence-electron chi connectivity index (χ2n) is 5.44. The van der Waals surface area contributed by atoms with Crippen LogP contribution in [0.2, 0.25) is 0 Å². The topological polar surface area (TPSA) is 63.7 Å². The summed E-state index contributed by atoms with van der Waals surface area (Å²) in [6, 6.07) is 0. The van der Waals surface area contributed by atoms with Crippen LogP contribution in [-0.4, -0.2) is 36.3 Å². The van der Waals surface area contributed by atoms with E-state index >= 15 is 0 Å². The maximum absolute atomic E-state index is 12.0. The van der Waals surface area contributed by atoms with Crippen LogP contribution in [0.25, 0.3) is 0 Å². The van der Waals surface area contributed by atoms with Crippen molar-refractivity contribution in [2.75, 3.05) is 13.7 Å². The van der Waals surface area contributed by atoms with Crippen LogP contribution in [0.15, 0.2) is 11.6 Å². The van der Waals surface area contributed by atoms with Crippen molar-refractivity contribution in [1.82, 2.24) is 4.90 Å². The van der Waals surface area contributed by atoms with E-state index in [0.29, 0.717) is 5.57 Å². The van der Waals surface area contributed by atoms with Gasteiger partial charge in [0.2, 0.25) is 11.8 Å². The molecule has 2 atom stereocenters. The van der Waals surface area contributed by atoms with Crippen molar-refractivity contribution < 1.29 is 19.1 Å². The Morgan fingerprint density at radius 3 is 2.28 bits per heavy atom. The molecule has 98 valence electrons. The van der Waals surface area contributed by atoms with Crippen molar-refractivity contribution in [3.05, 3.63) is 11.6 Å². The Balaban J connectivity index is 2.04. The van der Waals surface area contributed by atoms with Crippen LogP contribution in [0.1, 0.15) is 20.8 Å². The number of ether oxygens (including phenoxy) is 1. The predicted molar refractivity (Wildman–Crippen MR) is 63.3 cm³/mol. The maximum Gasteiger partial charge on any atom is 0.333 e. The van der Waals surface area contributed by atoms with Crippen LogP contribution < -0.4 is 0 Å². The lowest BCUT2D eigenvalue weighted by atomic mass is 10.1. The van der Waals surface area contributed by atoms with Gasteiger partial charge in [-0.2, -0.15) is 0 Å². The zero-order valence-electron chi connectivity index (χ0n) is 11.0. The molecule has 0 aromatic heterocycles. The average Bonchev–Trinajstić information content (AvgIpc) is 2.78. The van der Waals surface area contributed by atoms with Gasteiger partial charge in [0, 0.05) is 12.1 Å². The Bertz CT molecular complexity index is 440. The van der Waals surface area contributed by atoms with Crippen molar-refractivity contribution >= 4 is 17.8 Å². The molecule has 2 fully saturated rings. The minimum Gasteiger partial charge on any atom is -0.466 e. The third kappa shape index (κ3) is 1.65. The van der Waals surface area contributed by atoms with Crippen LogP contribution in [0.4, 0.5) is 0 Å². The summed E-state index contributed by atoms with van der Waals surface area (Å²) in [5, 5.41) is 0. The van der Waals surface area contributed by atoms with Gasteiger partial charge in [-0.3, -0.25) is 14.5 Å². The largest absolute Gasteiger partial charge is 0.466 e. The average molecular weight is 251 g/mol. The van der Waals surface area contributed by atoms with Crippen LogP contribution in [0.5, 0.6) is 0 Å². The zero-order valence-corrected chi connectivity index (χ0v) is 11.0. The van der Waals surface area contributed by atoms with Gasteiger partial charge < -0.3 is 4.74 Å². The number of esters is 1. The zero-order chi connectivity index (χ0) is 13.7. The summed E-state index contributed by atoms with van der Waals surface area (Å²) in [5.74, 6) is -1.03. The number of imide groups is 1. The van der Waals surface area contributed by atoms with E-state index in [1.807, 2.05) is 13.8 Å². The van der Waals surface area contributed by atoms with Crippen LogP contribution >= 0.6 is 0 Å². The highest BCUT2D eigenvalue weighted by atomic mass is 16.5. The highest BCUT2D eigenvalue weighted by Gasteiger charge is 2.72. The number of carbonyl (C=O) groups is 3. The van der Waals surface area contributed by atoms with E-state index in [1.54, 1.807) is 13.0 Å². The molecule has 0 radical (unpaired) electrons.